The Kier molecular flexibility index (Phi) is 4.54. The molecule has 92 valence electrons. The fraction of sp³-hybridized carbons (Fsp3) is 0.333. The van der Waals surface area contributed by atoms with Crippen molar-refractivity contribution in [1.82, 2.24) is 4.98 Å². The van der Waals surface area contributed by atoms with Gasteiger partial charge in [0, 0.05) is 10.8 Å². The van der Waals surface area contributed by atoms with Gasteiger partial charge in [-0.25, -0.2) is 4.98 Å². The Hall–Kier alpha value is -1.07. The molecule has 0 aliphatic heterocycles. The number of thiazole rings is 1. The van der Waals surface area contributed by atoms with Crippen molar-refractivity contribution in [3.63, 3.8) is 0 Å². The van der Waals surface area contributed by atoms with E-state index in [0.29, 0.717) is 10.0 Å². The zero-order valence-electron chi connectivity index (χ0n) is 10.2. The third-order valence-corrected chi connectivity index (χ3v) is 3.37. The summed E-state index contributed by atoms with van der Waals surface area (Å²) in [5, 5.41) is 6.85. The molecule has 0 atom stereocenters. The van der Waals surface area contributed by atoms with E-state index in [-0.39, 0.29) is 11.3 Å². The highest BCUT2D eigenvalue weighted by Gasteiger charge is 2.18. The van der Waals surface area contributed by atoms with Gasteiger partial charge in [0.25, 0.3) is 5.91 Å². The van der Waals surface area contributed by atoms with Crippen molar-refractivity contribution in [3.05, 3.63) is 34.5 Å². The summed E-state index contributed by atoms with van der Waals surface area (Å²) >= 11 is 2.63. The second-order valence-electron chi connectivity index (χ2n) is 4.45. The molecule has 0 bridgehead atoms. The largest absolute Gasteiger partial charge is 0.297 e. The van der Waals surface area contributed by atoms with Gasteiger partial charge in [-0.2, -0.15) is 0 Å². The third kappa shape index (κ3) is 4.02. The highest BCUT2D eigenvalue weighted by Crippen LogP contribution is 2.27. The van der Waals surface area contributed by atoms with Crippen molar-refractivity contribution in [2.45, 2.75) is 26.2 Å². The van der Waals surface area contributed by atoms with Crippen LogP contribution in [0.5, 0.6) is 0 Å². The Bertz CT molecular complexity index is 444. The van der Waals surface area contributed by atoms with Crippen LogP contribution in [0.15, 0.2) is 28.9 Å². The summed E-state index contributed by atoms with van der Waals surface area (Å²) in [5.74, 6) is -0.232. The first kappa shape index (κ1) is 14.0. The van der Waals surface area contributed by atoms with Crippen molar-refractivity contribution in [2.75, 3.05) is 5.32 Å². The van der Waals surface area contributed by atoms with Crippen LogP contribution in [0.25, 0.3) is 0 Å². The summed E-state index contributed by atoms with van der Waals surface area (Å²) in [6.45, 7) is 13.4. The molecule has 1 rings (SSSR count). The second-order valence-corrected chi connectivity index (χ2v) is 6.37. The molecule has 0 spiro atoms. The fourth-order valence-corrected chi connectivity index (χ4v) is 2.29. The Morgan fingerprint density at radius 2 is 2.24 bits per heavy atom. The normalized spacial score (nSPS) is 11.0. The lowest BCUT2D eigenvalue weighted by atomic mass is 9.93. The van der Waals surface area contributed by atoms with Crippen LogP contribution >= 0.6 is 23.1 Å². The highest BCUT2D eigenvalue weighted by atomic mass is 32.2. The van der Waals surface area contributed by atoms with E-state index in [2.05, 4.69) is 44.2 Å². The van der Waals surface area contributed by atoms with Gasteiger partial charge >= 0.3 is 0 Å². The lowest BCUT2D eigenvalue weighted by molar-refractivity contribution is -0.112. The first-order valence-corrected chi connectivity index (χ1v) is 6.84. The van der Waals surface area contributed by atoms with Gasteiger partial charge in [0.2, 0.25) is 0 Å². The molecule has 17 heavy (non-hydrogen) atoms. The number of thioether (sulfide) groups is 1. The monoisotopic (exact) mass is 268 g/mol. The number of amides is 1. The smallest absolute Gasteiger partial charge is 0.263 e. The summed E-state index contributed by atoms with van der Waals surface area (Å²) in [7, 11) is 0. The topological polar surface area (TPSA) is 42.0 Å². The minimum Gasteiger partial charge on any atom is -0.297 e. The number of anilines is 1. The van der Waals surface area contributed by atoms with Crippen LogP contribution in [0.2, 0.25) is 0 Å². The number of carbonyl (C=O) groups excluding carboxylic acids is 1. The molecule has 0 aliphatic rings. The molecule has 3 nitrogen and oxygen atoms in total. The van der Waals surface area contributed by atoms with Crippen molar-refractivity contribution < 1.29 is 4.79 Å². The molecule has 0 saturated heterocycles. The lowest BCUT2D eigenvalue weighted by Gasteiger charge is -2.14. The predicted molar refractivity (Wildman–Crippen MR) is 76.4 cm³/mol. The summed E-state index contributed by atoms with van der Waals surface area (Å²) in [6.07, 6.45) is 0. The second kappa shape index (κ2) is 5.51. The minimum atomic E-state index is -0.232. The van der Waals surface area contributed by atoms with Crippen LogP contribution in [0.1, 0.15) is 26.5 Å². The predicted octanol–water partition coefficient (Wildman–Crippen LogP) is 3.77. The van der Waals surface area contributed by atoms with Gasteiger partial charge in [-0.05, 0) is 5.41 Å². The van der Waals surface area contributed by atoms with E-state index in [1.807, 2.05) is 5.38 Å². The van der Waals surface area contributed by atoms with Crippen LogP contribution in [0.4, 0.5) is 5.13 Å². The Labute approximate surface area is 110 Å². The molecular weight excluding hydrogens is 252 g/mol. The molecule has 0 aromatic carbocycles. The quantitative estimate of drug-likeness (QED) is 0.845. The lowest BCUT2D eigenvalue weighted by Crippen LogP contribution is -2.14. The van der Waals surface area contributed by atoms with E-state index in [1.54, 1.807) is 5.41 Å². The first-order valence-electron chi connectivity index (χ1n) is 5.08. The fourth-order valence-electron chi connectivity index (χ4n) is 0.997. The zero-order chi connectivity index (χ0) is 13.1. The highest BCUT2D eigenvalue weighted by molar-refractivity contribution is 8.06. The molecule has 0 saturated carbocycles. The molecule has 1 heterocycles. The van der Waals surface area contributed by atoms with Crippen molar-refractivity contribution in [3.8, 4) is 0 Å². The van der Waals surface area contributed by atoms with Crippen LogP contribution in [0, 0.1) is 0 Å². The molecule has 0 radical (unpaired) electrons. The molecule has 0 aliphatic carbocycles. The molecule has 1 aromatic heterocycles. The van der Waals surface area contributed by atoms with Gasteiger partial charge in [0.15, 0.2) is 5.13 Å². The van der Waals surface area contributed by atoms with Crippen molar-refractivity contribution >= 4 is 34.1 Å². The number of hydrogen-bond acceptors (Lipinski definition) is 4. The number of rotatable bonds is 4. The average Bonchev–Trinajstić information content (AvgIpc) is 2.66. The van der Waals surface area contributed by atoms with E-state index in [1.165, 1.54) is 23.1 Å². The summed E-state index contributed by atoms with van der Waals surface area (Å²) in [6, 6.07) is 0. The van der Waals surface area contributed by atoms with Gasteiger partial charge < -0.3 is 0 Å². The summed E-state index contributed by atoms with van der Waals surface area (Å²) in [5.41, 5.74) is 0.964. The van der Waals surface area contributed by atoms with Gasteiger partial charge in [-0.15, -0.1) is 11.3 Å². The summed E-state index contributed by atoms with van der Waals surface area (Å²) in [4.78, 5) is 16.4. The van der Waals surface area contributed by atoms with Gasteiger partial charge in [0.1, 0.15) is 0 Å². The average molecular weight is 268 g/mol. The number of nitrogens with one attached hydrogen (secondary N) is 1. The SMILES string of the molecule is C=CSC(=C)C(=O)Nc1nc(C(C)(C)C)cs1. The summed E-state index contributed by atoms with van der Waals surface area (Å²) < 4.78 is 0. The number of hydrogen-bond donors (Lipinski definition) is 1. The van der Waals surface area contributed by atoms with Crippen LogP contribution in [-0.2, 0) is 10.2 Å². The molecule has 1 aromatic rings. The van der Waals surface area contributed by atoms with Gasteiger partial charge in [0.05, 0.1) is 10.6 Å². The van der Waals surface area contributed by atoms with E-state index in [9.17, 15) is 4.79 Å². The standard InChI is InChI=1S/C12H16N2OS2/c1-6-16-8(2)10(15)14-11-13-9(7-17-11)12(3,4)5/h6-7H,1-2H2,3-5H3,(H,13,14,15). The van der Waals surface area contributed by atoms with Gasteiger partial charge in [-0.3, -0.25) is 10.1 Å². The molecule has 1 amide bonds. The molecular formula is C12H16N2OS2. The molecule has 5 heteroatoms. The Balaban J connectivity index is 2.70. The number of carbonyl (C=O) groups is 1. The Morgan fingerprint density at radius 3 is 2.71 bits per heavy atom. The number of nitrogens with zero attached hydrogens (tertiary/aromatic N) is 1. The Morgan fingerprint density at radius 1 is 1.59 bits per heavy atom. The maximum atomic E-state index is 11.6. The zero-order valence-corrected chi connectivity index (χ0v) is 11.9. The maximum absolute atomic E-state index is 11.6. The van der Waals surface area contributed by atoms with Crippen molar-refractivity contribution in [1.29, 1.82) is 0 Å². The maximum Gasteiger partial charge on any atom is 0.263 e. The molecule has 0 unspecified atom stereocenters. The van der Waals surface area contributed by atoms with E-state index < -0.39 is 0 Å². The van der Waals surface area contributed by atoms with Crippen molar-refractivity contribution in [2.24, 2.45) is 0 Å². The minimum absolute atomic E-state index is 0.00759. The molecule has 0 fully saturated rings. The van der Waals surface area contributed by atoms with E-state index in [0.717, 1.165) is 5.69 Å². The molecule has 1 N–H and O–H groups in total. The number of aromatic nitrogens is 1. The third-order valence-electron chi connectivity index (χ3n) is 1.97. The van der Waals surface area contributed by atoms with E-state index >= 15 is 0 Å². The van der Waals surface area contributed by atoms with Crippen LogP contribution in [-0.4, -0.2) is 10.9 Å². The van der Waals surface area contributed by atoms with Gasteiger partial charge in [-0.1, -0.05) is 45.7 Å². The van der Waals surface area contributed by atoms with Crippen LogP contribution in [0.3, 0.4) is 0 Å². The first-order chi connectivity index (χ1) is 7.84. The van der Waals surface area contributed by atoms with Crippen LogP contribution < -0.4 is 5.32 Å². The van der Waals surface area contributed by atoms with E-state index in [4.69, 9.17) is 0 Å².